The summed E-state index contributed by atoms with van der Waals surface area (Å²) in [6.07, 6.45) is 1.91. The summed E-state index contributed by atoms with van der Waals surface area (Å²) in [5.41, 5.74) is 5.96. The summed E-state index contributed by atoms with van der Waals surface area (Å²) in [5.74, 6) is 1.19. The van der Waals surface area contributed by atoms with Crippen molar-refractivity contribution in [1.82, 2.24) is 5.32 Å². The molecule has 0 saturated carbocycles. The number of carbonyl (C=O) groups excluding carboxylic acids is 1. The Morgan fingerprint density at radius 2 is 1.72 bits per heavy atom. The molecule has 1 aliphatic carbocycles. The van der Waals surface area contributed by atoms with Crippen molar-refractivity contribution in [1.29, 1.82) is 0 Å². The third-order valence-electron chi connectivity index (χ3n) is 6.44. The Bertz CT molecular complexity index is 1240. The smallest absolute Gasteiger partial charge is 0.251 e. The van der Waals surface area contributed by atoms with E-state index in [0.717, 1.165) is 35.3 Å². The van der Waals surface area contributed by atoms with Crippen molar-refractivity contribution >= 4 is 29.1 Å². The van der Waals surface area contributed by atoms with Gasteiger partial charge < -0.3 is 10.1 Å². The summed E-state index contributed by atoms with van der Waals surface area (Å²) in [6, 6.07) is 19.8. The van der Waals surface area contributed by atoms with E-state index in [9.17, 15) is 4.79 Å². The Labute approximate surface area is 198 Å². The minimum atomic E-state index is -0.106. The molecule has 0 spiro atoms. The average Bonchev–Trinajstić information content (AvgIpc) is 3.15. The van der Waals surface area contributed by atoms with Gasteiger partial charge >= 0.3 is 0 Å². The van der Waals surface area contributed by atoms with E-state index < -0.39 is 0 Å². The molecule has 1 aliphatic heterocycles. The molecule has 5 rings (SSSR count). The molecule has 5 heteroatoms. The molecule has 0 saturated heterocycles. The van der Waals surface area contributed by atoms with Gasteiger partial charge in [-0.15, -0.1) is 0 Å². The molecule has 2 aliphatic rings. The highest BCUT2D eigenvalue weighted by atomic mass is 35.5. The normalized spacial score (nSPS) is 19.2. The summed E-state index contributed by atoms with van der Waals surface area (Å²) in [7, 11) is 0. The predicted octanol–water partition coefficient (Wildman–Crippen LogP) is 7.23. The van der Waals surface area contributed by atoms with Crippen LogP contribution in [0.25, 0.3) is 11.1 Å². The van der Waals surface area contributed by atoms with Gasteiger partial charge in [-0.05, 0) is 54.7 Å². The van der Waals surface area contributed by atoms with Crippen LogP contribution in [0.1, 0.15) is 48.9 Å². The highest BCUT2D eigenvalue weighted by Gasteiger charge is 2.33. The molecule has 3 nitrogen and oxygen atoms in total. The molecule has 0 bridgehead atoms. The molecule has 0 radical (unpaired) electrons. The molecule has 0 aromatic heterocycles. The van der Waals surface area contributed by atoms with Gasteiger partial charge in [0.05, 0.1) is 11.6 Å². The molecule has 2 atom stereocenters. The first-order valence-electron chi connectivity index (χ1n) is 10.8. The lowest BCUT2D eigenvalue weighted by Gasteiger charge is -2.29. The minimum Gasteiger partial charge on any atom is -0.461 e. The van der Waals surface area contributed by atoms with Crippen LogP contribution in [0.3, 0.4) is 0 Å². The second-order valence-corrected chi connectivity index (χ2v) is 9.31. The molecule has 0 fully saturated rings. The van der Waals surface area contributed by atoms with Crippen LogP contribution in [0, 0.1) is 0 Å². The van der Waals surface area contributed by atoms with Gasteiger partial charge in [-0.1, -0.05) is 72.6 Å². The SMILES string of the molecule is CC1=C(C(=O)N[C@H]2CCc3ccccc32)C(C)c2cccc(-c3cc(Cl)cc(Cl)c3)c2O1. The zero-order valence-electron chi connectivity index (χ0n) is 17.9. The highest BCUT2D eigenvalue weighted by molar-refractivity contribution is 6.35. The number of rotatable bonds is 3. The summed E-state index contributed by atoms with van der Waals surface area (Å²) in [4.78, 5) is 13.4. The van der Waals surface area contributed by atoms with Gasteiger partial charge in [0.15, 0.2) is 0 Å². The van der Waals surface area contributed by atoms with E-state index in [1.54, 1.807) is 6.07 Å². The van der Waals surface area contributed by atoms with E-state index in [0.29, 0.717) is 21.4 Å². The van der Waals surface area contributed by atoms with E-state index in [4.69, 9.17) is 27.9 Å². The topological polar surface area (TPSA) is 38.3 Å². The number of carbonyl (C=O) groups is 1. The number of benzene rings is 3. The van der Waals surface area contributed by atoms with Crippen LogP contribution in [-0.4, -0.2) is 5.91 Å². The Balaban J connectivity index is 1.47. The summed E-state index contributed by atoms with van der Waals surface area (Å²) in [6.45, 7) is 3.91. The number of nitrogens with one attached hydrogen (secondary N) is 1. The molecule has 1 N–H and O–H groups in total. The fraction of sp³-hybridized carbons (Fsp3) is 0.222. The number of hydrogen-bond donors (Lipinski definition) is 1. The number of para-hydroxylation sites is 1. The van der Waals surface area contributed by atoms with Crippen LogP contribution < -0.4 is 10.1 Å². The molecule has 1 unspecified atom stereocenters. The summed E-state index contributed by atoms with van der Waals surface area (Å²) in [5, 5.41) is 4.38. The largest absolute Gasteiger partial charge is 0.461 e. The first-order chi connectivity index (χ1) is 15.4. The van der Waals surface area contributed by atoms with Crippen molar-refractivity contribution in [2.75, 3.05) is 0 Å². The number of ether oxygens (including phenoxy) is 1. The quantitative estimate of drug-likeness (QED) is 0.444. The lowest BCUT2D eigenvalue weighted by molar-refractivity contribution is -0.118. The predicted molar refractivity (Wildman–Crippen MR) is 129 cm³/mol. The first kappa shape index (κ1) is 21.1. The lowest BCUT2D eigenvalue weighted by atomic mass is 9.86. The third-order valence-corrected chi connectivity index (χ3v) is 6.87. The zero-order chi connectivity index (χ0) is 22.4. The summed E-state index contributed by atoms with van der Waals surface area (Å²) >= 11 is 12.5. The van der Waals surface area contributed by atoms with Crippen molar-refractivity contribution in [2.24, 2.45) is 0 Å². The van der Waals surface area contributed by atoms with Crippen LogP contribution >= 0.6 is 23.2 Å². The highest BCUT2D eigenvalue weighted by Crippen LogP contribution is 2.45. The molecule has 32 heavy (non-hydrogen) atoms. The maximum Gasteiger partial charge on any atom is 0.251 e. The standard InChI is InChI=1S/C27H23Cl2NO2/c1-15-21-8-5-9-23(18-12-19(28)14-20(29)13-18)26(21)32-16(2)25(15)27(31)30-24-11-10-17-6-3-4-7-22(17)24/h3-9,12-15,24H,10-11H2,1-2H3,(H,30,31)/t15?,24-/m0/s1. The maximum absolute atomic E-state index is 13.4. The van der Waals surface area contributed by atoms with Crippen LogP contribution in [0.5, 0.6) is 5.75 Å². The second kappa shape index (κ2) is 8.31. The number of halogens is 2. The monoisotopic (exact) mass is 463 g/mol. The fourth-order valence-electron chi connectivity index (χ4n) is 4.91. The third kappa shape index (κ3) is 3.70. The summed E-state index contributed by atoms with van der Waals surface area (Å²) < 4.78 is 6.27. The Morgan fingerprint density at radius 3 is 2.50 bits per heavy atom. The van der Waals surface area contributed by atoms with Gasteiger partial charge in [0.2, 0.25) is 0 Å². The van der Waals surface area contributed by atoms with Gasteiger partial charge in [-0.3, -0.25) is 4.79 Å². The Morgan fingerprint density at radius 1 is 1.00 bits per heavy atom. The van der Waals surface area contributed by atoms with E-state index >= 15 is 0 Å². The van der Waals surface area contributed by atoms with Crippen LogP contribution in [0.2, 0.25) is 10.0 Å². The maximum atomic E-state index is 13.4. The second-order valence-electron chi connectivity index (χ2n) is 8.44. The van der Waals surface area contributed by atoms with Crippen molar-refractivity contribution in [3.05, 3.63) is 98.7 Å². The number of fused-ring (bicyclic) bond motifs is 2. The number of amides is 1. The number of allylic oxidation sites excluding steroid dienone is 1. The van der Waals surface area contributed by atoms with Gasteiger partial charge in [-0.25, -0.2) is 0 Å². The molecule has 1 amide bonds. The van der Waals surface area contributed by atoms with Crippen LogP contribution in [-0.2, 0) is 11.2 Å². The number of aryl methyl sites for hydroxylation is 1. The van der Waals surface area contributed by atoms with E-state index in [-0.39, 0.29) is 17.9 Å². The van der Waals surface area contributed by atoms with Crippen LogP contribution in [0.15, 0.2) is 72.0 Å². The lowest BCUT2D eigenvalue weighted by Crippen LogP contribution is -2.32. The molecule has 3 aromatic carbocycles. The fourth-order valence-corrected chi connectivity index (χ4v) is 5.44. The van der Waals surface area contributed by atoms with Crippen molar-refractivity contribution < 1.29 is 9.53 Å². The molecular formula is C27H23Cl2NO2. The molecule has 162 valence electrons. The molecule has 3 aromatic rings. The number of hydrogen-bond acceptors (Lipinski definition) is 2. The van der Waals surface area contributed by atoms with E-state index in [1.807, 2.05) is 49.4 Å². The van der Waals surface area contributed by atoms with E-state index in [1.165, 1.54) is 11.1 Å². The van der Waals surface area contributed by atoms with Gasteiger partial charge in [0.1, 0.15) is 11.5 Å². The first-order valence-corrected chi connectivity index (χ1v) is 11.5. The van der Waals surface area contributed by atoms with Gasteiger partial charge in [0, 0.05) is 27.1 Å². The Kier molecular flexibility index (Phi) is 5.48. The van der Waals surface area contributed by atoms with Crippen LogP contribution in [0.4, 0.5) is 0 Å². The zero-order valence-corrected chi connectivity index (χ0v) is 19.4. The van der Waals surface area contributed by atoms with Gasteiger partial charge in [0.25, 0.3) is 5.91 Å². The van der Waals surface area contributed by atoms with Crippen molar-refractivity contribution in [2.45, 2.75) is 38.6 Å². The van der Waals surface area contributed by atoms with Crippen molar-refractivity contribution in [3.8, 4) is 16.9 Å². The molecule has 1 heterocycles. The molecular weight excluding hydrogens is 441 g/mol. The van der Waals surface area contributed by atoms with Gasteiger partial charge in [-0.2, -0.15) is 0 Å². The van der Waals surface area contributed by atoms with E-state index in [2.05, 4.69) is 24.4 Å². The average molecular weight is 464 g/mol. The Hall–Kier alpha value is -2.75. The van der Waals surface area contributed by atoms with Crippen molar-refractivity contribution in [3.63, 3.8) is 0 Å². The minimum absolute atomic E-state index is 0.0348.